The van der Waals surface area contributed by atoms with Crippen LogP contribution >= 0.6 is 0 Å². The van der Waals surface area contributed by atoms with Gasteiger partial charge < -0.3 is 10.6 Å². The van der Waals surface area contributed by atoms with Gasteiger partial charge in [-0.2, -0.15) is 0 Å². The zero-order chi connectivity index (χ0) is 24.1. The second-order valence-electron chi connectivity index (χ2n) is 7.19. The minimum Gasteiger partial charge on any atom is -0.340 e. The first kappa shape index (κ1) is 22.6. The standard InChI is InChI=1S/C22H19N7O4S/c1-15-10-11-23-20(12-15)27-22-13-21(24-14-25-22)26-16-2-4-17(5-3-16)28-34(32,33)19-8-6-18(7-9-19)29(30)31/h2-14,28H,1H3,(H2,23,24,25,26,27). The molecule has 0 aliphatic rings. The van der Waals surface area contributed by atoms with Crippen molar-refractivity contribution in [3.8, 4) is 0 Å². The quantitative estimate of drug-likeness (QED) is 0.248. The van der Waals surface area contributed by atoms with Crippen molar-refractivity contribution in [2.75, 3.05) is 15.4 Å². The summed E-state index contributed by atoms with van der Waals surface area (Å²) in [6.07, 6.45) is 3.11. The van der Waals surface area contributed by atoms with Gasteiger partial charge >= 0.3 is 0 Å². The lowest BCUT2D eigenvalue weighted by Crippen LogP contribution is -2.12. The molecule has 4 aromatic rings. The number of aromatic nitrogens is 3. The smallest absolute Gasteiger partial charge is 0.269 e. The first-order valence-electron chi connectivity index (χ1n) is 9.95. The van der Waals surface area contributed by atoms with E-state index in [0.29, 0.717) is 28.8 Å². The molecule has 2 aromatic heterocycles. The van der Waals surface area contributed by atoms with Crippen LogP contribution in [0.1, 0.15) is 5.56 Å². The maximum Gasteiger partial charge on any atom is 0.269 e. The van der Waals surface area contributed by atoms with Gasteiger partial charge in [-0.25, -0.2) is 23.4 Å². The fourth-order valence-electron chi connectivity index (χ4n) is 2.96. The van der Waals surface area contributed by atoms with E-state index >= 15 is 0 Å². The normalized spacial score (nSPS) is 11.0. The Labute approximate surface area is 195 Å². The Kier molecular flexibility index (Phi) is 6.32. The molecule has 0 amide bonds. The van der Waals surface area contributed by atoms with Gasteiger partial charge in [0.2, 0.25) is 0 Å². The number of nitrogens with one attached hydrogen (secondary N) is 3. The molecule has 0 atom stereocenters. The van der Waals surface area contributed by atoms with Crippen molar-refractivity contribution in [1.82, 2.24) is 15.0 Å². The van der Waals surface area contributed by atoms with E-state index in [9.17, 15) is 18.5 Å². The van der Waals surface area contributed by atoms with E-state index in [2.05, 4.69) is 30.3 Å². The molecule has 0 aliphatic carbocycles. The Hall–Kier alpha value is -4.58. The van der Waals surface area contributed by atoms with E-state index in [0.717, 1.165) is 17.7 Å². The molecule has 4 rings (SSSR count). The molecule has 12 heteroatoms. The van der Waals surface area contributed by atoms with Gasteiger partial charge in [0.15, 0.2) is 0 Å². The molecule has 3 N–H and O–H groups in total. The Morgan fingerprint density at radius 3 is 2.06 bits per heavy atom. The number of nitrogens with zero attached hydrogens (tertiary/aromatic N) is 4. The molecule has 0 fully saturated rings. The van der Waals surface area contributed by atoms with E-state index in [1.165, 1.54) is 18.5 Å². The fourth-order valence-corrected chi connectivity index (χ4v) is 4.02. The van der Waals surface area contributed by atoms with Crippen molar-refractivity contribution in [3.05, 3.63) is 94.9 Å². The molecule has 0 saturated carbocycles. The second-order valence-corrected chi connectivity index (χ2v) is 8.87. The highest BCUT2D eigenvalue weighted by atomic mass is 32.2. The third-order valence-electron chi connectivity index (χ3n) is 4.61. The van der Waals surface area contributed by atoms with Crippen LogP contribution in [0.2, 0.25) is 0 Å². The molecular formula is C22H19N7O4S. The summed E-state index contributed by atoms with van der Waals surface area (Å²) in [6.45, 7) is 1.97. The van der Waals surface area contributed by atoms with Crippen LogP contribution in [0.25, 0.3) is 0 Å². The van der Waals surface area contributed by atoms with Gasteiger partial charge in [-0.05, 0) is 61.0 Å². The Bertz CT molecular complexity index is 1430. The van der Waals surface area contributed by atoms with Crippen molar-refractivity contribution in [2.45, 2.75) is 11.8 Å². The van der Waals surface area contributed by atoms with Gasteiger partial charge in [-0.1, -0.05) is 0 Å². The highest BCUT2D eigenvalue weighted by molar-refractivity contribution is 7.92. The Morgan fingerprint density at radius 1 is 0.794 bits per heavy atom. The number of non-ortho nitro benzene ring substituents is 1. The molecule has 0 unspecified atom stereocenters. The van der Waals surface area contributed by atoms with Crippen LogP contribution in [0.5, 0.6) is 0 Å². The Morgan fingerprint density at radius 2 is 1.41 bits per heavy atom. The molecule has 2 heterocycles. The van der Waals surface area contributed by atoms with Crippen molar-refractivity contribution in [1.29, 1.82) is 0 Å². The van der Waals surface area contributed by atoms with Gasteiger partial charge in [0, 0.05) is 35.8 Å². The van der Waals surface area contributed by atoms with Crippen LogP contribution < -0.4 is 15.4 Å². The van der Waals surface area contributed by atoms with E-state index in [1.54, 1.807) is 36.5 Å². The van der Waals surface area contributed by atoms with Crippen LogP contribution in [0.4, 0.5) is 34.5 Å². The number of pyridine rings is 1. The predicted octanol–water partition coefficient (Wildman–Crippen LogP) is 4.38. The van der Waals surface area contributed by atoms with E-state index in [-0.39, 0.29) is 10.6 Å². The number of hydrogen-bond donors (Lipinski definition) is 3. The van der Waals surface area contributed by atoms with Crippen molar-refractivity contribution in [3.63, 3.8) is 0 Å². The van der Waals surface area contributed by atoms with Crippen molar-refractivity contribution < 1.29 is 13.3 Å². The lowest BCUT2D eigenvalue weighted by molar-refractivity contribution is -0.384. The van der Waals surface area contributed by atoms with E-state index in [4.69, 9.17) is 0 Å². The lowest BCUT2D eigenvalue weighted by Gasteiger charge is -2.11. The molecular weight excluding hydrogens is 458 g/mol. The van der Waals surface area contributed by atoms with Gasteiger partial charge in [-0.3, -0.25) is 14.8 Å². The van der Waals surface area contributed by atoms with E-state index in [1.807, 2.05) is 19.1 Å². The largest absolute Gasteiger partial charge is 0.340 e. The fraction of sp³-hybridized carbons (Fsp3) is 0.0455. The first-order valence-corrected chi connectivity index (χ1v) is 11.4. The summed E-state index contributed by atoms with van der Waals surface area (Å²) in [4.78, 5) is 22.7. The lowest BCUT2D eigenvalue weighted by atomic mass is 10.3. The molecule has 172 valence electrons. The molecule has 0 saturated heterocycles. The summed E-state index contributed by atoms with van der Waals surface area (Å²) in [5.41, 5.74) is 1.89. The molecule has 11 nitrogen and oxygen atoms in total. The third kappa shape index (κ3) is 5.61. The van der Waals surface area contributed by atoms with Crippen molar-refractivity contribution >= 4 is 44.5 Å². The highest BCUT2D eigenvalue weighted by Crippen LogP contribution is 2.23. The minimum absolute atomic E-state index is 0.0792. The average Bonchev–Trinajstić information content (AvgIpc) is 2.80. The maximum atomic E-state index is 12.5. The molecule has 0 radical (unpaired) electrons. The zero-order valence-corrected chi connectivity index (χ0v) is 18.7. The maximum absolute atomic E-state index is 12.5. The number of rotatable bonds is 8. The van der Waals surface area contributed by atoms with Crippen LogP contribution in [0, 0.1) is 17.0 Å². The summed E-state index contributed by atoms with van der Waals surface area (Å²) in [5.74, 6) is 1.75. The summed E-state index contributed by atoms with van der Waals surface area (Å²) in [5, 5.41) is 17.0. The first-order chi connectivity index (χ1) is 16.3. The number of hydrogen-bond acceptors (Lipinski definition) is 9. The Balaban J connectivity index is 1.42. The molecule has 2 aromatic carbocycles. The molecule has 34 heavy (non-hydrogen) atoms. The van der Waals surface area contributed by atoms with Crippen LogP contribution in [0.3, 0.4) is 0 Å². The van der Waals surface area contributed by atoms with Crippen LogP contribution in [-0.4, -0.2) is 28.3 Å². The second kappa shape index (κ2) is 9.50. The molecule has 0 bridgehead atoms. The van der Waals surface area contributed by atoms with Gasteiger partial charge in [0.1, 0.15) is 23.8 Å². The SMILES string of the molecule is Cc1ccnc(Nc2cc(Nc3ccc(NS(=O)(=O)c4ccc([N+](=O)[O-])cc4)cc3)ncn2)c1. The van der Waals surface area contributed by atoms with Gasteiger partial charge in [-0.15, -0.1) is 0 Å². The number of benzene rings is 2. The van der Waals surface area contributed by atoms with E-state index < -0.39 is 14.9 Å². The van der Waals surface area contributed by atoms with Crippen molar-refractivity contribution in [2.24, 2.45) is 0 Å². The number of sulfonamides is 1. The summed E-state index contributed by atoms with van der Waals surface area (Å²) < 4.78 is 27.5. The number of aryl methyl sites for hydroxylation is 1. The monoisotopic (exact) mass is 477 g/mol. The number of anilines is 5. The average molecular weight is 478 g/mol. The molecule has 0 spiro atoms. The summed E-state index contributed by atoms with van der Waals surface area (Å²) in [7, 11) is -3.89. The summed E-state index contributed by atoms with van der Waals surface area (Å²) in [6, 6.07) is 16.7. The van der Waals surface area contributed by atoms with Crippen LogP contribution in [-0.2, 0) is 10.0 Å². The van der Waals surface area contributed by atoms with Gasteiger partial charge in [0.05, 0.1) is 9.82 Å². The topological polar surface area (TPSA) is 152 Å². The minimum atomic E-state index is -3.89. The summed E-state index contributed by atoms with van der Waals surface area (Å²) >= 11 is 0. The predicted molar refractivity (Wildman–Crippen MR) is 128 cm³/mol. The van der Waals surface area contributed by atoms with Gasteiger partial charge in [0.25, 0.3) is 15.7 Å². The number of nitro groups is 1. The zero-order valence-electron chi connectivity index (χ0n) is 17.8. The number of nitro benzene ring substituents is 1. The highest BCUT2D eigenvalue weighted by Gasteiger charge is 2.16. The van der Waals surface area contributed by atoms with Crippen LogP contribution in [0.15, 0.2) is 84.1 Å². The molecule has 0 aliphatic heterocycles. The third-order valence-corrected chi connectivity index (χ3v) is 6.00.